The first-order valence-electron chi connectivity index (χ1n) is 27.5. The van der Waals surface area contributed by atoms with Gasteiger partial charge in [-0.25, -0.2) is 4.57 Å². The van der Waals surface area contributed by atoms with Crippen LogP contribution in [0.15, 0.2) is 85.1 Å². The molecular weight excluding hydrogens is 852 g/mol. The molecule has 0 aliphatic rings. The highest BCUT2D eigenvalue weighted by Gasteiger charge is 2.27. The Labute approximate surface area is 414 Å². The molecule has 8 nitrogen and oxygen atoms in total. The second kappa shape index (κ2) is 48.7. The smallest absolute Gasteiger partial charge is 0.387 e. The third-order valence-corrected chi connectivity index (χ3v) is 12.8. The van der Waals surface area contributed by atoms with Crippen LogP contribution in [-0.2, 0) is 18.4 Å². The number of likely N-dealkylation sites (N-methyl/N-ethyl adjacent to an activating group) is 1. The van der Waals surface area contributed by atoms with Gasteiger partial charge in [0.25, 0.3) is 0 Å². The van der Waals surface area contributed by atoms with Crippen molar-refractivity contribution in [3.8, 4) is 0 Å². The molecule has 0 radical (unpaired) electrons. The van der Waals surface area contributed by atoms with Gasteiger partial charge in [-0.15, -0.1) is 0 Å². The molecule has 0 rings (SSSR count). The van der Waals surface area contributed by atoms with E-state index in [9.17, 15) is 19.4 Å². The van der Waals surface area contributed by atoms with Crippen LogP contribution in [-0.4, -0.2) is 73.4 Å². The summed E-state index contributed by atoms with van der Waals surface area (Å²) in [5, 5.41) is 13.9. The molecule has 0 aliphatic carbocycles. The summed E-state index contributed by atoms with van der Waals surface area (Å²) in [7, 11) is 1.54. The molecule has 0 saturated carbocycles. The summed E-state index contributed by atoms with van der Waals surface area (Å²) in [6.07, 6.45) is 68.3. The van der Waals surface area contributed by atoms with E-state index in [-0.39, 0.29) is 19.1 Å². The molecule has 3 atom stereocenters. The maximum atomic E-state index is 12.9. The van der Waals surface area contributed by atoms with E-state index in [0.29, 0.717) is 17.4 Å². The van der Waals surface area contributed by atoms with Gasteiger partial charge in [0.15, 0.2) is 0 Å². The number of phosphoric ester groups is 1. The summed E-state index contributed by atoms with van der Waals surface area (Å²) < 4.78 is 23.6. The van der Waals surface area contributed by atoms with Gasteiger partial charge in [-0.1, -0.05) is 221 Å². The SMILES string of the molecule is CC/C=C\C/C=C\C/C=C\C/C=C\CCCCCCCCCCCCCCCCCCCCC(=O)NC(COP(=O)(O)OCC[N+](C)(C)C)C(O)/C=C/CC/C=C/CC/C=C/CCCCCC. The monoisotopic (exact) mass is 958 g/mol. The predicted molar refractivity (Wildman–Crippen MR) is 290 cm³/mol. The molecule has 67 heavy (non-hydrogen) atoms. The Morgan fingerprint density at radius 2 is 0.910 bits per heavy atom. The predicted octanol–water partition coefficient (Wildman–Crippen LogP) is 16.5. The molecule has 0 aliphatic heterocycles. The van der Waals surface area contributed by atoms with Gasteiger partial charge in [0.2, 0.25) is 5.91 Å². The highest BCUT2D eigenvalue weighted by molar-refractivity contribution is 7.47. The minimum absolute atomic E-state index is 0.0513. The summed E-state index contributed by atoms with van der Waals surface area (Å²) in [6, 6.07) is -0.872. The topological polar surface area (TPSA) is 105 Å². The lowest BCUT2D eigenvalue weighted by molar-refractivity contribution is -0.870. The molecule has 0 bridgehead atoms. The van der Waals surface area contributed by atoms with Crippen molar-refractivity contribution in [1.82, 2.24) is 5.32 Å². The van der Waals surface area contributed by atoms with Crippen molar-refractivity contribution < 1.29 is 32.9 Å². The van der Waals surface area contributed by atoms with E-state index in [2.05, 4.69) is 92.1 Å². The Bertz CT molecular complexity index is 1360. The number of hydrogen-bond donors (Lipinski definition) is 3. The van der Waals surface area contributed by atoms with Crippen LogP contribution in [0.5, 0.6) is 0 Å². The number of aliphatic hydroxyl groups excluding tert-OH is 1. The molecule has 0 aromatic heterocycles. The van der Waals surface area contributed by atoms with Crippen molar-refractivity contribution in [2.75, 3.05) is 40.9 Å². The number of nitrogens with one attached hydrogen (secondary N) is 1. The number of quaternary nitrogens is 1. The van der Waals surface area contributed by atoms with Crippen LogP contribution in [0.25, 0.3) is 0 Å². The van der Waals surface area contributed by atoms with Crippen LogP contribution >= 0.6 is 7.82 Å². The fourth-order valence-electron chi connectivity index (χ4n) is 7.54. The number of nitrogens with zero attached hydrogens (tertiary/aromatic N) is 1. The summed E-state index contributed by atoms with van der Waals surface area (Å²) in [4.78, 5) is 23.2. The average Bonchev–Trinajstić information content (AvgIpc) is 3.29. The first-order valence-corrected chi connectivity index (χ1v) is 29.0. The minimum Gasteiger partial charge on any atom is -0.387 e. The Morgan fingerprint density at radius 1 is 0.522 bits per heavy atom. The van der Waals surface area contributed by atoms with Crippen molar-refractivity contribution in [3.63, 3.8) is 0 Å². The van der Waals surface area contributed by atoms with Gasteiger partial charge >= 0.3 is 7.82 Å². The van der Waals surface area contributed by atoms with Crippen molar-refractivity contribution in [3.05, 3.63) is 85.1 Å². The number of amides is 1. The van der Waals surface area contributed by atoms with Crippen molar-refractivity contribution in [2.24, 2.45) is 0 Å². The van der Waals surface area contributed by atoms with Gasteiger partial charge in [0.05, 0.1) is 39.9 Å². The second-order valence-corrected chi connectivity index (χ2v) is 21.0. The molecule has 0 saturated heterocycles. The molecule has 9 heteroatoms. The van der Waals surface area contributed by atoms with Crippen molar-refractivity contribution >= 4 is 13.7 Å². The maximum Gasteiger partial charge on any atom is 0.472 e. The number of unbranched alkanes of at least 4 members (excludes halogenated alkanes) is 24. The van der Waals surface area contributed by atoms with Gasteiger partial charge in [0, 0.05) is 6.42 Å². The molecule has 0 aromatic rings. The third kappa shape index (κ3) is 51.4. The zero-order valence-electron chi connectivity index (χ0n) is 44.1. The average molecular weight is 958 g/mol. The van der Waals surface area contributed by atoms with E-state index in [1.165, 1.54) is 135 Å². The van der Waals surface area contributed by atoms with Crippen LogP contribution < -0.4 is 5.32 Å². The van der Waals surface area contributed by atoms with Crippen LogP contribution in [0.4, 0.5) is 0 Å². The van der Waals surface area contributed by atoms with Crippen LogP contribution in [0.3, 0.4) is 0 Å². The van der Waals surface area contributed by atoms with Gasteiger partial charge in [-0.05, 0) is 83.5 Å². The summed E-state index contributed by atoms with van der Waals surface area (Å²) >= 11 is 0. The summed E-state index contributed by atoms with van der Waals surface area (Å²) in [5.41, 5.74) is 0. The lowest BCUT2D eigenvalue weighted by Gasteiger charge is -2.25. The van der Waals surface area contributed by atoms with Crippen molar-refractivity contribution in [1.29, 1.82) is 0 Å². The van der Waals surface area contributed by atoms with E-state index >= 15 is 0 Å². The first kappa shape index (κ1) is 64.7. The summed E-state index contributed by atoms with van der Waals surface area (Å²) in [5.74, 6) is -0.193. The highest BCUT2D eigenvalue weighted by Crippen LogP contribution is 2.43. The van der Waals surface area contributed by atoms with E-state index in [0.717, 1.165) is 70.6 Å². The normalized spacial score (nSPS) is 14.7. The Hall–Kier alpha value is -2.32. The first-order chi connectivity index (χ1) is 32.5. The van der Waals surface area contributed by atoms with Gasteiger partial charge in [-0.2, -0.15) is 0 Å². The number of rotatable bonds is 49. The molecule has 0 heterocycles. The number of allylic oxidation sites excluding steroid dienone is 13. The summed E-state index contributed by atoms with van der Waals surface area (Å²) in [6.45, 7) is 4.65. The molecule has 0 spiro atoms. The van der Waals surface area contributed by atoms with E-state index in [1.54, 1.807) is 6.08 Å². The Kier molecular flexibility index (Phi) is 47.0. The molecule has 3 unspecified atom stereocenters. The van der Waals surface area contributed by atoms with Gasteiger partial charge < -0.3 is 19.8 Å². The van der Waals surface area contributed by atoms with E-state index in [4.69, 9.17) is 9.05 Å². The van der Waals surface area contributed by atoms with Crippen LogP contribution in [0, 0.1) is 0 Å². The van der Waals surface area contributed by atoms with Crippen LogP contribution in [0.2, 0.25) is 0 Å². The van der Waals surface area contributed by atoms with Gasteiger partial charge in [0.1, 0.15) is 13.2 Å². The molecule has 388 valence electrons. The largest absolute Gasteiger partial charge is 0.472 e. The van der Waals surface area contributed by atoms with Gasteiger partial charge in [-0.3, -0.25) is 13.8 Å². The standard InChI is InChI=1S/C58H105N2O6P/c1-6-8-10-12-14-16-18-20-22-23-24-25-26-27-28-29-30-31-32-33-34-35-36-37-38-40-42-44-46-48-50-52-58(62)59-56(55-66-67(63,64)65-54-53-60(3,4)5)57(61)51-49-47-45-43-41-39-21-19-17-15-13-11-9-7-2/h8,10,14,16-17,19-20,22,24-25,41,43,49,51,56-57,61H,6-7,9,11-13,15,18,21,23,26-40,42,44-48,50,52-55H2,1-5H3,(H-,59,62,63,64)/p+1/b10-8-,16-14-,19-17+,22-20-,25-24-,43-41+,51-49+. The molecule has 3 N–H and O–H groups in total. The van der Waals surface area contributed by atoms with E-state index < -0.39 is 20.0 Å². The minimum atomic E-state index is -4.36. The Morgan fingerprint density at radius 3 is 1.37 bits per heavy atom. The van der Waals surface area contributed by atoms with Crippen molar-refractivity contribution in [2.45, 2.75) is 238 Å². The number of aliphatic hydroxyl groups is 1. The lowest BCUT2D eigenvalue weighted by atomic mass is 10.0. The van der Waals surface area contributed by atoms with Crippen LogP contribution in [0.1, 0.15) is 226 Å². The number of phosphoric acid groups is 1. The fraction of sp³-hybridized carbons (Fsp3) is 0.741. The molecular formula is C58H106N2O6P+. The number of carbonyl (C=O) groups is 1. The second-order valence-electron chi connectivity index (χ2n) is 19.6. The zero-order valence-corrected chi connectivity index (χ0v) is 45.0. The lowest BCUT2D eigenvalue weighted by Crippen LogP contribution is -2.45. The van der Waals surface area contributed by atoms with E-state index in [1.807, 2.05) is 27.2 Å². The number of carbonyl (C=O) groups excluding carboxylic acids is 1. The third-order valence-electron chi connectivity index (χ3n) is 11.8. The highest BCUT2D eigenvalue weighted by atomic mass is 31.2. The molecule has 0 aromatic carbocycles. The molecule has 1 amide bonds. The fourth-order valence-corrected chi connectivity index (χ4v) is 8.27. The molecule has 0 fully saturated rings. The zero-order chi connectivity index (χ0) is 49.2. The maximum absolute atomic E-state index is 12.9. The Balaban J connectivity index is 4.13. The number of hydrogen-bond acceptors (Lipinski definition) is 5. The quantitative estimate of drug-likeness (QED) is 0.0243.